The maximum absolute atomic E-state index is 12.5. The Labute approximate surface area is 203 Å². The molecule has 0 spiro atoms. The largest absolute Gasteiger partial charge is 0.459 e. The van der Waals surface area contributed by atoms with Crippen molar-refractivity contribution in [2.45, 2.75) is 149 Å². The Morgan fingerprint density at radius 1 is 0.545 bits per heavy atom. The average Bonchev–Trinajstić information content (AvgIpc) is 2.81. The number of rotatable bonds is 18. The highest BCUT2D eigenvalue weighted by atomic mass is 16.6. The quantitative estimate of drug-likeness (QED) is 0.205. The van der Waals surface area contributed by atoms with Gasteiger partial charge in [-0.3, -0.25) is 9.59 Å². The molecule has 0 aliphatic heterocycles. The van der Waals surface area contributed by atoms with Gasteiger partial charge in [0.25, 0.3) is 0 Å². The highest BCUT2D eigenvalue weighted by Crippen LogP contribution is 2.27. The van der Waals surface area contributed by atoms with Crippen molar-refractivity contribution in [3.05, 3.63) is 0 Å². The normalized spacial score (nSPS) is 16.1. The van der Waals surface area contributed by atoms with Crippen molar-refractivity contribution in [2.24, 2.45) is 0 Å². The predicted octanol–water partition coefficient (Wildman–Crippen LogP) is 6.77. The molecule has 2 unspecified atom stereocenters. The van der Waals surface area contributed by atoms with E-state index in [1.54, 1.807) is 0 Å². The molecule has 196 valence electrons. The van der Waals surface area contributed by atoms with Crippen molar-refractivity contribution in [1.29, 1.82) is 0 Å². The van der Waals surface area contributed by atoms with E-state index in [4.69, 9.17) is 18.9 Å². The van der Waals surface area contributed by atoms with Crippen molar-refractivity contribution < 1.29 is 28.5 Å². The number of carbonyl (C=O) groups is 2. The zero-order valence-electron chi connectivity index (χ0n) is 23.2. The number of carbonyl (C=O) groups excluding carboxylic acids is 2. The summed E-state index contributed by atoms with van der Waals surface area (Å²) < 4.78 is 23.6. The molecule has 0 aliphatic carbocycles. The fourth-order valence-electron chi connectivity index (χ4n) is 3.11. The van der Waals surface area contributed by atoms with E-state index in [-0.39, 0.29) is 30.0 Å². The molecule has 0 rings (SSSR count). The molecule has 0 saturated carbocycles. The molecule has 0 aromatic carbocycles. The fourth-order valence-corrected chi connectivity index (χ4v) is 3.11. The average molecular weight is 473 g/mol. The number of esters is 2. The monoisotopic (exact) mass is 472 g/mol. The second kappa shape index (κ2) is 14.3. The first kappa shape index (κ1) is 31.9. The summed E-state index contributed by atoms with van der Waals surface area (Å²) in [6.45, 7) is 21.2. The van der Waals surface area contributed by atoms with Crippen LogP contribution in [0.2, 0.25) is 0 Å². The summed E-state index contributed by atoms with van der Waals surface area (Å²) in [7, 11) is 0. The third-order valence-electron chi connectivity index (χ3n) is 7.55. The molecule has 0 aromatic heterocycles. The van der Waals surface area contributed by atoms with Crippen LogP contribution in [0.3, 0.4) is 0 Å². The Morgan fingerprint density at radius 2 is 0.909 bits per heavy atom. The fraction of sp³-hybridized carbons (Fsp3) is 0.926. The Bertz CT molecular complexity index is 581. The van der Waals surface area contributed by atoms with Gasteiger partial charge in [-0.25, -0.2) is 0 Å². The molecule has 0 aliphatic rings. The lowest BCUT2D eigenvalue weighted by Gasteiger charge is -2.34. The van der Waals surface area contributed by atoms with Crippen molar-refractivity contribution in [1.82, 2.24) is 0 Å². The standard InChI is InChI=1S/C27H52O6/c1-11-24(7,12-2)30-20-19-26(9,15-5)32-22(28)17-18-23(29)33-27(10,16-6)21-31-25(8,13-3)14-4/h11-21H2,1-10H3. The van der Waals surface area contributed by atoms with Crippen molar-refractivity contribution in [2.75, 3.05) is 13.2 Å². The molecule has 6 nitrogen and oxygen atoms in total. The lowest BCUT2D eigenvalue weighted by atomic mass is 9.97. The smallest absolute Gasteiger partial charge is 0.306 e. The summed E-state index contributed by atoms with van der Waals surface area (Å²) in [4.78, 5) is 24.9. The second-order valence-corrected chi connectivity index (χ2v) is 10.3. The third kappa shape index (κ3) is 11.7. The Kier molecular flexibility index (Phi) is 13.8. The van der Waals surface area contributed by atoms with Crippen molar-refractivity contribution in [3.63, 3.8) is 0 Å². The van der Waals surface area contributed by atoms with Crippen LogP contribution in [0.5, 0.6) is 0 Å². The van der Waals surface area contributed by atoms with Gasteiger partial charge in [-0.1, -0.05) is 41.5 Å². The van der Waals surface area contributed by atoms with Gasteiger partial charge in [-0.05, 0) is 66.2 Å². The van der Waals surface area contributed by atoms with Gasteiger partial charge in [0.05, 0.1) is 37.3 Å². The van der Waals surface area contributed by atoms with Crippen molar-refractivity contribution in [3.8, 4) is 0 Å². The lowest BCUT2D eigenvalue weighted by Crippen LogP contribution is -2.41. The first-order valence-electron chi connectivity index (χ1n) is 13.0. The molecule has 0 amide bonds. The molecule has 0 radical (unpaired) electrons. The van der Waals surface area contributed by atoms with Crippen LogP contribution in [0, 0.1) is 0 Å². The van der Waals surface area contributed by atoms with Crippen LogP contribution in [0.4, 0.5) is 0 Å². The summed E-state index contributed by atoms with van der Waals surface area (Å²) in [5.41, 5.74) is -1.70. The zero-order valence-corrected chi connectivity index (χ0v) is 23.2. The van der Waals surface area contributed by atoms with Crippen LogP contribution >= 0.6 is 0 Å². The summed E-state index contributed by atoms with van der Waals surface area (Å²) in [6, 6.07) is 0. The maximum atomic E-state index is 12.5. The Hall–Kier alpha value is -1.14. The van der Waals surface area contributed by atoms with Crippen LogP contribution in [-0.2, 0) is 28.5 Å². The van der Waals surface area contributed by atoms with Crippen LogP contribution < -0.4 is 0 Å². The lowest BCUT2D eigenvalue weighted by molar-refractivity contribution is -0.176. The predicted molar refractivity (Wildman–Crippen MR) is 133 cm³/mol. The minimum Gasteiger partial charge on any atom is -0.459 e. The Morgan fingerprint density at radius 3 is 1.30 bits per heavy atom. The van der Waals surface area contributed by atoms with Crippen LogP contribution in [-0.4, -0.2) is 47.6 Å². The van der Waals surface area contributed by atoms with Gasteiger partial charge >= 0.3 is 11.9 Å². The highest BCUT2D eigenvalue weighted by molar-refractivity contribution is 5.78. The molecule has 33 heavy (non-hydrogen) atoms. The molecular formula is C27H52O6. The molecule has 6 heteroatoms. The molecule has 0 aromatic rings. The molecular weight excluding hydrogens is 420 g/mol. The molecule has 0 saturated heterocycles. The van der Waals surface area contributed by atoms with E-state index >= 15 is 0 Å². The van der Waals surface area contributed by atoms with Gasteiger partial charge in [-0.15, -0.1) is 0 Å². The van der Waals surface area contributed by atoms with E-state index < -0.39 is 17.2 Å². The summed E-state index contributed by atoms with van der Waals surface area (Å²) in [5.74, 6) is -0.790. The van der Waals surface area contributed by atoms with Gasteiger partial charge in [0.2, 0.25) is 0 Å². The van der Waals surface area contributed by atoms with Crippen LogP contribution in [0.25, 0.3) is 0 Å². The van der Waals surface area contributed by atoms with Crippen LogP contribution in [0.1, 0.15) is 127 Å². The minimum absolute atomic E-state index is 0.000791. The highest BCUT2D eigenvalue weighted by Gasteiger charge is 2.32. The van der Waals surface area contributed by atoms with Gasteiger partial charge in [-0.2, -0.15) is 0 Å². The molecule has 0 bridgehead atoms. The maximum Gasteiger partial charge on any atom is 0.306 e. The van der Waals surface area contributed by atoms with E-state index in [0.29, 0.717) is 32.5 Å². The Balaban J connectivity index is 4.68. The van der Waals surface area contributed by atoms with Gasteiger partial charge < -0.3 is 18.9 Å². The third-order valence-corrected chi connectivity index (χ3v) is 7.55. The van der Waals surface area contributed by atoms with E-state index in [1.807, 2.05) is 27.7 Å². The van der Waals surface area contributed by atoms with Gasteiger partial charge in [0.1, 0.15) is 11.2 Å². The van der Waals surface area contributed by atoms with Gasteiger partial charge in [0, 0.05) is 6.42 Å². The number of hydrogen-bond donors (Lipinski definition) is 0. The minimum atomic E-state index is -0.715. The molecule has 2 atom stereocenters. The van der Waals surface area contributed by atoms with Crippen molar-refractivity contribution >= 4 is 11.9 Å². The molecule has 0 N–H and O–H groups in total. The summed E-state index contributed by atoms with van der Waals surface area (Å²) in [5, 5.41) is 0. The SMILES string of the molecule is CCC(C)(CC)OCCC(C)(CC)OC(=O)CCC(=O)OC(C)(CC)COC(C)(CC)CC. The second-order valence-electron chi connectivity index (χ2n) is 10.3. The first-order valence-corrected chi connectivity index (χ1v) is 13.0. The topological polar surface area (TPSA) is 71.1 Å². The van der Waals surface area contributed by atoms with E-state index in [1.165, 1.54) is 0 Å². The number of hydrogen-bond acceptors (Lipinski definition) is 6. The number of ether oxygens (including phenoxy) is 4. The van der Waals surface area contributed by atoms with E-state index in [2.05, 4.69) is 41.5 Å². The summed E-state index contributed by atoms with van der Waals surface area (Å²) in [6.07, 6.45) is 5.58. The van der Waals surface area contributed by atoms with Crippen LogP contribution in [0.15, 0.2) is 0 Å². The first-order chi connectivity index (χ1) is 15.3. The summed E-state index contributed by atoms with van der Waals surface area (Å²) >= 11 is 0. The zero-order chi connectivity index (χ0) is 25.8. The van der Waals surface area contributed by atoms with E-state index in [0.717, 1.165) is 25.7 Å². The molecule has 0 fully saturated rings. The van der Waals surface area contributed by atoms with E-state index in [9.17, 15) is 9.59 Å². The molecule has 0 heterocycles. The van der Waals surface area contributed by atoms with Gasteiger partial charge in [0.15, 0.2) is 0 Å².